The summed E-state index contributed by atoms with van der Waals surface area (Å²) in [7, 11) is -4.38. The Morgan fingerprint density at radius 1 is 0.545 bits per heavy atom. The zero-order valence-corrected chi connectivity index (χ0v) is 36.0. The summed E-state index contributed by atoms with van der Waals surface area (Å²) in [4.78, 5) is 34.9. The largest absolute Gasteiger partial charge is 0.472 e. The van der Waals surface area contributed by atoms with E-state index >= 15 is 0 Å². The molecule has 0 rings (SSSR count). The molecule has 0 spiro atoms. The number of hydrogen-bond donors (Lipinski definition) is 2. The van der Waals surface area contributed by atoms with Crippen molar-refractivity contribution in [2.24, 2.45) is 5.73 Å². The summed E-state index contributed by atoms with van der Waals surface area (Å²) >= 11 is 0. The maximum atomic E-state index is 12.6. The van der Waals surface area contributed by atoms with Gasteiger partial charge < -0.3 is 20.1 Å². The first-order valence-corrected chi connectivity index (χ1v) is 23.6. The fourth-order valence-electron chi connectivity index (χ4n) is 5.87. The van der Waals surface area contributed by atoms with Crippen LogP contribution in [0.2, 0.25) is 0 Å². The second-order valence-electron chi connectivity index (χ2n) is 14.6. The summed E-state index contributed by atoms with van der Waals surface area (Å²) in [5.41, 5.74) is 5.35. The lowest BCUT2D eigenvalue weighted by Crippen LogP contribution is -2.29. The molecule has 2 unspecified atom stereocenters. The van der Waals surface area contributed by atoms with Crippen molar-refractivity contribution in [3.8, 4) is 0 Å². The summed E-state index contributed by atoms with van der Waals surface area (Å²) in [6.45, 7) is 3.67. The summed E-state index contributed by atoms with van der Waals surface area (Å²) in [5.74, 6) is -0.847. The van der Waals surface area contributed by atoms with E-state index in [4.69, 9.17) is 24.3 Å². The van der Waals surface area contributed by atoms with Crippen LogP contribution in [0, 0.1) is 0 Å². The van der Waals surface area contributed by atoms with Crippen LogP contribution < -0.4 is 5.73 Å². The van der Waals surface area contributed by atoms with Gasteiger partial charge >= 0.3 is 19.8 Å². The summed E-state index contributed by atoms with van der Waals surface area (Å²) < 4.78 is 32.8. The Kier molecular flexibility index (Phi) is 40.1. The average Bonchev–Trinajstić information content (AvgIpc) is 3.17. The molecule has 320 valence electrons. The van der Waals surface area contributed by atoms with E-state index < -0.39 is 32.5 Å². The number of carbonyl (C=O) groups is 2. The van der Waals surface area contributed by atoms with Crippen molar-refractivity contribution in [2.75, 3.05) is 26.4 Å². The van der Waals surface area contributed by atoms with Gasteiger partial charge in [0.15, 0.2) is 6.10 Å². The van der Waals surface area contributed by atoms with E-state index in [0.29, 0.717) is 6.42 Å². The van der Waals surface area contributed by atoms with Crippen LogP contribution in [0.25, 0.3) is 0 Å². The second-order valence-corrected chi connectivity index (χ2v) is 16.0. The Balaban J connectivity index is 4.17. The number of carbonyl (C=O) groups excluding carboxylic acids is 2. The van der Waals surface area contributed by atoms with Crippen LogP contribution in [0.4, 0.5) is 0 Å². The van der Waals surface area contributed by atoms with E-state index in [9.17, 15) is 19.0 Å². The number of ether oxygens (including phenoxy) is 2. The second kappa shape index (κ2) is 41.6. The van der Waals surface area contributed by atoms with Crippen molar-refractivity contribution in [1.29, 1.82) is 0 Å². The highest BCUT2D eigenvalue weighted by molar-refractivity contribution is 7.47. The molecule has 0 saturated heterocycles. The molecule has 0 fully saturated rings. The first kappa shape index (κ1) is 53.0. The molecular weight excluding hydrogens is 713 g/mol. The van der Waals surface area contributed by atoms with E-state index in [2.05, 4.69) is 62.5 Å². The molecule has 0 heterocycles. The van der Waals surface area contributed by atoms with Gasteiger partial charge in [-0.1, -0.05) is 152 Å². The van der Waals surface area contributed by atoms with Crippen LogP contribution in [0.15, 0.2) is 48.6 Å². The van der Waals surface area contributed by atoms with E-state index in [1.54, 1.807) is 0 Å². The van der Waals surface area contributed by atoms with Gasteiger partial charge in [-0.05, 0) is 77.0 Å². The predicted molar refractivity (Wildman–Crippen MR) is 229 cm³/mol. The molecule has 0 aliphatic heterocycles. The van der Waals surface area contributed by atoms with Gasteiger partial charge in [-0.15, -0.1) is 0 Å². The maximum absolute atomic E-state index is 12.6. The predicted octanol–water partition coefficient (Wildman–Crippen LogP) is 12.7. The van der Waals surface area contributed by atoms with Crippen molar-refractivity contribution in [1.82, 2.24) is 0 Å². The highest BCUT2D eigenvalue weighted by Crippen LogP contribution is 2.43. The number of allylic oxidation sites excluding steroid dienone is 8. The topological polar surface area (TPSA) is 134 Å². The van der Waals surface area contributed by atoms with E-state index in [1.807, 2.05) is 0 Å². The van der Waals surface area contributed by atoms with Gasteiger partial charge in [0.25, 0.3) is 0 Å². The van der Waals surface area contributed by atoms with Crippen LogP contribution in [-0.2, 0) is 32.7 Å². The quantitative estimate of drug-likeness (QED) is 0.0268. The number of nitrogens with two attached hydrogens (primary N) is 1. The lowest BCUT2D eigenvalue weighted by Gasteiger charge is -2.19. The lowest BCUT2D eigenvalue weighted by molar-refractivity contribution is -0.161. The first-order chi connectivity index (χ1) is 26.8. The van der Waals surface area contributed by atoms with Crippen LogP contribution in [0.1, 0.15) is 194 Å². The molecule has 2 atom stereocenters. The molecule has 0 amide bonds. The smallest absolute Gasteiger partial charge is 0.462 e. The number of phosphoric ester groups is 1. The minimum Gasteiger partial charge on any atom is -0.462 e. The van der Waals surface area contributed by atoms with Gasteiger partial charge in [-0.2, -0.15) is 0 Å². The van der Waals surface area contributed by atoms with Crippen molar-refractivity contribution in [3.63, 3.8) is 0 Å². The molecule has 55 heavy (non-hydrogen) atoms. The van der Waals surface area contributed by atoms with Gasteiger partial charge in [0, 0.05) is 19.4 Å². The van der Waals surface area contributed by atoms with Crippen LogP contribution in [0.5, 0.6) is 0 Å². The zero-order chi connectivity index (χ0) is 40.3. The molecule has 10 heteroatoms. The van der Waals surface area contributed by atoms with Crippen LogP contribution in [0.3, 0.4) is 0 Å². The third-order valence-corrected chi connectivity index (χ3v) is 10.2. The number of esters is 2. The minimum absolute atomic E-state index is 0.0494. The van der Waals surface area contributed by atoms with Gasteiger partial charge in [0.2, 0.25) is 0 Å². The van der Waals surface area contributed by atoms with Crippen LogP contribution >= 0.6 is 7.82 Å². The fraction of sp³-hybridized carbons (Fsp3) is 0.778. The highest BCUT2D eigenvalue weighted by atomic mass is 31.2. The monoisotopic (exact) mass is 796 g/mol. The van der Waals surface area contributed by atoms with Crippen molar-refractivity contribution < 1.29 is 37.6 Å². The van der Waals surface area contributed by atoms with Gasteiger partial charge in [0.1, 0.15) is 6.61 Å². The molecule has 0 radical (unpaired) electrons. The Morgan fingerprint density at radius 2 is 0.945 bits per heavy atom. The fourth-order valence-corrected chi connectivity index (χ4v) is 6.64. The number of hydrogen-bond acceptors (Lipinski definition) is 8. The number of unbranched alkanes of at least 4 members (excludes halogenated alkanes) is 20. The van der Waals surface area contributed by atoms with Gasteiger partial charge in [-0.3, -0.25) is 18.6 Å². The van der Waals surface area contributed by atoms with Crippen molar-refractivity contribution in [3.05, 3.63) is 48.6 Å². The third kappa shape index (κ3) is 41.4. The Bertz CT molecular complexity index is 1040. The average molecular weight is 796 g/mol. The molecule has 0 bridgehead atoms. The molecule has 0 aliphatic rings. The Morgan fingerprint density at radius 3 is 1.38 bits per heavy atom. The number of phosphoric acid groups is 1. The summed E-state index contributed by atoms with van der Waals surface area (Å²) in [6, 6.07) is 0. The molecule has 0 aromatic rings. The normalized spacial score (nSPS) is 13.7. The summed E-state index contributed by atoms with van der Waals surface area (Å²) in [6.07, 6.45) is 47.0. The zero-order valence-electron chi connectivity index (χ0n) is 35.2. The maximum Gasteiger partial charge on any atom is 0.472 e. The molecule has 3 N–H and O–H groups in total. The minimum atomic E-state index is -4.38. The SMILES string of the molecule is CCCCCC=CCC=CCCCCCCCCCC(=O)OCC(COP(=O)(O)OCCN)OC(=O)CCCCCCCCCC=CCC=CCCCCC. The molecular formula is C45H82NO8P. The molecule has 0 saturated carbocycles. The Hall–Kier alpha value is -2.03. The van der Waals surface area contributed by atoms with E-state index in [1.165, 1.54) is 89.9 Å². The van der Waals surface area contributed by atoms with E-state index in [0.717, 1.165) is 70.6 Å². The van der Waals surface area contributed by atoms with Crippen molar-refractivity contribution >= 4 is 19.8 Å². The van der Waals surface area contributed by atoms with E-state index in [-0.39, 0.29) is 32.6 Å². The first-order valence-electron chi connectivity index (χ1n) is 22.1. The molecule has 0 aromatic carbocycles. The highest BCUT2D eigenvalue weighted by Gasteiger charge is 2.26. The van der Waals surface area contributed by atoms with Gasteiger partial charge in [-0.25, -0.2) is 4.57 Å². The summed E-state index contributed by atoms with van der Waals surface area (Å²) in [5, 5.41) is 0. The van der Waals surface area contributed by atoms with Gasteiger partial charge in [0.05, 0.1) is 13.2 Å². The van der Waals surface area contributed by atoms with Crippen molar-refractivity contribution in [2.45, 2.75) is 200 Å². The Labute approximate surface area is 336 Å². The van der Waals surface area contributed by atoms with Crippen LogP contribution in [-0.4, -0.2) is 49.3 Å². The molecule has 9 nitrogen and oxygen atoms in total. The lowest BCUT2D eigenvalue weighted by atomic mass is 10.1. The molecule has 0 aromatic heterocycles. The molecule has 0 aliphatic carbocycles. The number of rotatable bonds is 41. The third-order valence-electron chi connectivity index (χ3n) is 9.19. The standard InChI is InChI=1S/C45H82NO8P/c1-3-5-7-9-11-13-15-17-19-21-23-25-27-29-31-33-35-37-44(47)51-41-43(42-53-55(49,50)52-40-39-46)54-45(48)38-36-34-32-30-28-26-24-22-20-18-16-14-12-10-8-6-4-2/h11-14,17-20,43H,3-10,15-16,21-42,46H2,1-2H3,(H,49,50).